The van der Waals surface area contributed by atoms with Gasteiger partial charge >= 0.3 is 5.97 Å². The van der Waals surface area contributed by atoms with E-state index in [4.69, 9.17) is 4.98 Å². The summed E-state index contributed by atoms with van der Waals surface area (Å²) in [6, 6.07) is 3.99. The minimum Gasteiger partial charge on any atom is -0.481 e. The molecule has 0 radical (unpaired) electrons. The fraction of sp³-hybridized carbons (Fsp3) is 0.741. The molecule has 190 valence electrons. The van der Waals surface area contributed by atoms with Crippen LogP contribution >= 0.6 is 11.8 Å². The summed E-state index contributed by atoms with van der Waals surface area (Å²) in [5.74, 6) is 3.22. The van der Waals surface area contributed by atoms with E-state index in [2.05, 4.69) is 24.1 Å². The van der Waals surface area contributed by atoms with Crippen molar-refractivity contribution in [2.45, 2.75) is 69.0 Å². The average Bonchev–Trinajstić information content (AvgIpc) is 3.29. The molecule has 5 aliphatic carbocycles. The number of aromatic nitrogens is 1. The highest BCUT2D eigenvalue weighted by Crippen LogP contribution is 2.56. The fourth-order valence-electron chi connectivity index (χ4n) is 7.81. The van der Waals surface area contributed by atoms with E-state index in [0.717, 1.165) is 68.2 Å². The second-order valence-corrected chi connectivity index (χ2v) is 13.4. The summed E-state index contributed by atoms with van der Waals surface area (Å²) in [6.45, 7) is 5.86. The van der Waals surface area contributed by atoms with Crippen molar-refractivity contribution in [1.29, 1.82) is 0 Å². The number of carbonyl (C=O) groups is 2. The van der Waals surface area contributed by atoms with Crippen LogP contribution in [-0.4, -0.2) is 57.6 Å². The first-order chi connectivity index (χ1) is 16.7. The number of nitrogens with zero attached hydrogens (tertiary/aromatic N) is 2. The van der Waals surface area contributed by atoms with Crippen LogP contribution in [0.4, 0.5) is 5.82 Å². The Bertz CT molecular complexity index is 1000. The van der Waals surface area contributed by atoms with Gasteiger partial charge in [-0.1, -0.05) is 13.8 Å². The molecule has 0 spiro atoms. The lowest BCUT2D eigenvalue weighted by molar-refractivity contribution is -0.139. The number of carboxylic acids is 1. The molecule has 7 rings (SSSR count). The Morgan fingerprint density at radius 3 is 2.46 bits per heavy atom. The molecule has 35 heavy (non-hydrogen) atoms. The molecule has 1 amide bonds. The number of carboxylic acid groups (broad SMARTS) is 1. The van der Waals surface area contributed by atoms with Gasteiger partial charge in [-0.15, -0.1) is 11.8 Å². The highest BCUT2D eigenvalue weighted by molar-refractivity contribution is 7.99. The maximum atomic E-state index is 13.5. The molecule has 1 aliphatic heterocycles. The van der Waals surface area contributed by atoms with E-state index in [1.54, 1.807) is 11.8 Å². The Morgan fingerprint density at radius 1 is 1.17 bits per heavy atom. The second-order valence-electron chi connectivity index (χ2n) is 12.3. The zero-order chi connectivity index (χ0) is 24.5. The van der Waals surface area contributed by atoms with Crippen molar-refractivity contribution in [3.8, 4) is 0 Å². The third-order valence-corrected chi connectivity index (χ3v) is 10.4. The number of aliphatic carboxylic acids is 1. The van der Waals surface area contributed by atoms with E-state index in [9.17, 15) is 19.8 Å². The van der Waals surface area contributed by atoms with E-state index in [0.29, 0.717) is 29.2 Å². The molecule has 4 bridgehead atoms. The van der Waals surface area contributed by atoms with Gasteiger partial charge in [0.2, 0.25) is 0 Å². The molecule has 5 saturated carbocycles. The van der Waals surface area contributed by atoms with Crippen molar-refractivity contribution < 1.29 is 19.8 Å². The fourth-order valence-corrected chi connectivity index (χ4v) is 9.06. The lowest BCUT2D eigenvalue weighted by Crippen LogP contribution is -2.61. The summed E-state index contributed by atoms with van der Waals surface area (Å²) in [5, 5.41) is 24.4. The van der Waals surface area contributed by atoms with Crippen LogP contribution < -0.4 is 10.2 Å². The van der Waals surface area contributed by atoms with Crippen molar-refractivity contribution in [2.24, 2.45) is 41.4 Å². The maximum absolute atomic E-state index is 13.5. The highest BCUT2D eigenvalue weighted by Gasteiger charge is 2.60. The first-order valence-electron chi connectivity index (χ1n) is 13.4. The Morgan fingerprint density at radius 2 is 1.86 bits per heavy atom. The number of nitrogens with one attached hydrogen (secondary N) is 1. The summed E-state index contributed by atoms with van der Waals surface area (Å²) in [4.78, 5) is 32.0. The Balaban J connectivity index is 1.18. The Hall–Kier alpha value is -1.80. The van der Waals surface area contributed by atoms with Gasteiger partial charge in [-0.3, -0.25) is 9.59 Å². The Labute approximate surface area is 211 Å². The molecular formula is C27H37N3O4S. The van der Waals surface area contributed by atoms with Gasteiger partial charge in [0, 0.05) is 19.1 Å². The monoisotopic (exact) mass is 499 g/mol. The molecule has 0 aromatic carbocycles. The molecule has 7 atom stereocenters. The predicted molar refractivity (Wildman–Crippen MR) is 134 cm³/mol. The first-order valence-corrected chi connectivity index (χ1v) is 14.3. The Kier molecular flexibility index (Phi) is 5.83. The number of hydrogen-bond acceptors (Lipinski definition) is 6. The molecule has 6 unspecified atom stereocenters. The summed E-state index contributed by atoms with van der Waals surface area (Å²) >= 11 is 1.65. The van der Waals surface area contributed by atoms with Crippen molar-refractivity contribution in [3.63, 3.8) is 0 Å². The van der Waals surface area contributed by atoms with Crippen LogP contribution in [0.15, 0.2) is 17.2 Å². The number of anilines is 1. The lowest BCUT2D eigenvalue weighted by Gasteiger charge is -2.58. The van der Waals surface area contributed by atoms with E-state index in [1.165, 1.54) is 0 Å². The molecule has 6 aliphatic rings. The molecule has 1 aromatic rings. The molecule has 2 heterocycles. The predicted octanol–water partition coefficient (Wildman–Crippen LogP) is 3.66. The van der Waals surface area contributed by atoms with Gasteiger partial charge in [0.25, 0.3) is 5.91 Å². The molecule has 8 heteroatoms. The van der Waals surface area contributed by atoms with Crippen LogP contribution in [0.5, 0.6) is 0 Å². The molecular weight excluding hydrogens is 462 g/mol. The number of fused-ring (bicyclic) bond motifs is 1. The third kappa shape index (κ3) is 4.35. The molecule has 7 nitrogen and oxygen atoms in total. The smallest absolute Gasteiger partial charge is 0.307 e. The van der Waals surface area contributed by atoms with Crippen LogP contribution in [0.25, 0.3) is 0 Å². The van der Waals surface area contributed by atoms with Crippen LogP contribution in [0, 0.1) is 41.4 Å². The summed E-state index contributed by atoms with van der Waals surface area (Å²) in [7, 11) is 0. The van der Waals surface area contributed by atoms with E-state index >= 15 is 0 Å². The van der Waals surface area contributed by atoms with Crippen LogP contribution in [0.3, 0.4) is 0 Å². The van der Waals surface area contributed by atoms with Gasteiger partial charge in [-0.2, -0.15) is 0 Å². The average molecular weight is 500 g/mol. The standard InChI is InChI=1S/C27H37N3O4S/c1-14(2)5-6-35-25-18(3-4-21(28-25)30-12-19-20(13-30)22(19)26(32)33)24(31)29-23-16-7-15-8-17(23)11-27(34,9-15)10-16/h3-4,14-17,19-20,22-23,34H,5-13H2,1-2H3,(H,29,31)(H,32,33)/t15?,16-,17?,19?,20?,22?,23?,27?/m1/s1. The largest absolute Gasteiger partial charge is 0.481 e. The number of carbonyl (C=O) groups excluding carboxylic acids is 1. The minimum atomic E-state index is -0.679. The number of amides is 1. The van der Waals surface area contributed by atoms with Gasteiger partial charge in [0.1, 0.15) is 10.8 Å². The number of piperidine rings is 1. The van der Waals surface area contributed by atoms with E-state index < -0.39 is 11.6 Å². The number of aliphatic hydroxyl groups is 1. The van der Waals surface area contributed by atoms with Gasteiger partial charge in [-0.05, 0) is 91.9 Å². The molecule has 3 N–H and O–H groups in total. The number of pyridine rings is 1. The summed E-state index contributed by atoms with van der Waals surface area (Å²) in [6.07, 6.45) is 5.85. The second kappa shape index (κ2) is 8.65. The molecule has 1 aromatic heterocycles. The number of rotatable bonds is 8. The zero-order valence-electron chi connectivity index (χ0n) is 20.7. The van der Waals surface area contributed by atoms with Crippen molar-refractivity contribution in [1.82, 2.24) is 10.3 Å². The number of thioether (sulfide) groups is 1. The van der Waals surface area contributed by atoms with Crippen molar-refractivity contribution in [2.75, 3.05) is 23.7 Å². The van der Waals surface area contributed by atoms with Crippen molar-refractivity contribution >= 4 is 29.5 Å². The minimum absolute atomic E-state index is 0.0456. The molecule has 1 saturated heterocycles. The van der Waals surface area contributed by atoms with Gasteiger partial charge in [0.05, 0.1) is 17.1 Å². The van der Waals surface area contributed by atoms with Gasteiger partial charge in [-0.25, -0.2) is 4.98 Å². The number of hydrogen-bond donors (Lipinski definition) is 3. The summed E-state index contributed by atoms with van der Waals surface area (Å²) in [5.41, 5.74) is 0.136. The maximum Gasteiger partial charge on any atom is 0.307 e. The zero-order valence-corrected chi connectivity index (χ0v) is 21.5. The van der Waals surface area contributed by atoms with E-state index in [1.807, 2.05) is 12.1 Å². The lowest BCUT2D eigenvalue weighted by atomic mass is 9.52. The van der Waals surface area contributed by atoms with Crippen LogP contribution in [-0.2, 0) is 4.79 Å². The van der Waals surface area contributed by atoms with Crippen molar-refractivity contribution in [3.05, 3.63) is 17.7 Å². The SMILES string of the molecule is CC(C)CCSc1nc(N2CC3C(C2)C3C(=O)O)ccc1C(=O)NC1C2CC3C[C@@H]1CC(O)(C3)C2. The highest BCUT2D eigenvalue weighted by atomic mass is 32.2. The third-order valence-electron chi connectivity index (χ3n) is 9.37. The van der Waals surface area contributed by atoms with Crippen LogP contribution in [0.2, 0.25) is 0 Å². The van der Waals surface area contributed by atoms with Gasteiger partial charge in [0.15, 0.2) is 0 Å². The topological polar surface area (TPSA) is 103 Å². The summed E-state index contributed by atoms with van der Waals surface area (Å²) < 4.78 is 0. The molecule has 6 fully saturated rings. The van der Waals surface area contributed by atoms with Gasteiger partial charge < -0.3 is 20.4 Å². The van der Waals surface area contributed by atoms with Crippen LogP contribution in [0.1, 0.15) is 62.7 Å². The van der Waals surface area contributed by atoms with E-state index in [-0.39, 0.29) is 29.7 Å². The quantitative estimate of drug-likeness (QED) is 0.469. The normalized spacial score (nSPS) is 38.6. The first kappa shape index (κ1) is 23.6.